The lowest BCUT2D eigenvalue weighted by Crippen LogP contribution is -2.57. The Morgan fingerprint density at radius 3 is 2.38 bits per heavy atom. The molecule has 2 aliphatic rings. The van der Waals surface area contributed by atoms with Crippen LogP contribution in [0.5, 0.6) is 0 Å². The van der Waals surface area contributed by atoms with Crippen molar-refractivity contribution in [3.63, 3.8) is 0 Å². The van der Waals surface area contributed by atoms with Crippen molar-refractivity contribution >= 4 is 0 Å². The molecule has 1 atom stereocenters. The maximum atomic E-state index is 10.9. The number of hydrogen-bond donors (Lipinski definition) is 2. The minimum absolute atomic E-state index is 0.0523. The summed E-state index contributed by atoms with van der Waals surface area (Å²) in [5, 5.41) is 10.9. The molecule has 0 amide bonds. The molecular weight excluding hydrogens is 200 g/mol. The summed E-state index contributed by atoms with van der Waals surface area (Å²) in [6.07, 6.45) is 6.49. The molecule has 2 fully saturated rings. The van der Waals surface area contributed by atoms with Crippen LogP contribution < -0.4 is 5.73 Å². The largest absolute Gasteiger partial charge is 0.389 e. The highest BCUT2D eigenvalue weighted by molar-refractivity contribution is 5.05. The molecule has 1 saturated carbocycles. The van der Waals surface area contributed by atoms with Gasteiger partial charge in [0, 0.05) is 18.5 Å². The zero-order valence-corrected chi connectivity index (χ0v) is 10.5. The molecule has 1 aliphatic heterocycles. The van der Waals surface area contributed by atoms with Gasteiger partial charge in [0.25, 0.3) is 0 Å². The summed E-state index contributed by atoms with van der Waals surface area (Å²) in [5.41, 5.74) is 5.50. The normalized spacial score (nSPS) is 35.4. The van der Waals surface area contributed by atoms with E-state index in [4.69, 9.17) is 5.73 Å². The maximum absolute atomic E-state index is 10.9. The molecule has 0 spiro atoms. The lowest BCUT2D eigenvalue weighted by atomic mass is 9.56. The highest BCUT2D eigenvalue weighted by atomic mass is 16.3. The Labute approximate surface area is 99.0 Å². The summed E-state index contributed by atoms with van der Waals surface area (Å²) in [4.78, 5) is 2.45. The van der Waals surface area contributed by atoms with E-state index in [0.29, 0.717) is 6.54 Å². The van der Waals surface area contributed by atoms with Gasteiger partial charge in [-0.1, -0.05) is 13.3 Å². The monoisotopic (exact) mass is 226 g/mol. The molecule has 1 unspecified atom stereocenters. The molecule has 3 heteroatoms. The number of aliphatic hydroxyl groups is 1. The predicted octanol–water partition coefficient (Wildman–Crippen LogP) is 1.35. The van der Waals surface area contributed by atoms with Crippen LogP contribution in [0.2, 0.25) is 0 Å². The maximum Gasteiger partial charge on any atom is 0.0728 e. The van der Waals surface area contributed by atoms with E-state index in [9.17, 15) is 5.11 Å². The zero-order valence-electron chi connectivity index (χ0n) is 10.5. The van der Waals surface area contributed by atoms with Crippen molar-refractivity contribution in [1.82, 2.24) is 4.90 Å². The first-order valence-electron chi connectivity index (χ1n) is 6.81. The smallest absolute Gasteiger partial charge is 0.0728 e. The zero-order chi connectivity index (χ0) is 11.6. The van der Waals surface area contributed by atoms with Crippen LogP contribution in [0.15, 0.2) is 0 Å². The van der Waals surface area contributed by atoms with Crippen LogP contribution in [0.3, 0.4) is 0 Å². The van der Waals surface area contributed by atoms with E-state index in [1.165, 1.54) is 6.42 Å². The second-order valence-electron chi connectivity index (χ2n) is 5.66. The second-order valence-corrected chi connectivity index (χ2v) is 5.66. The Morgan fingerprint density at radius 2 is 1.88 bits per heavy atom. The second kappa shape index (κ2) is 4.63. The molecule has 2 rings (SSSR count). The minimum atomic E-state index is -0.482. The third kappa shape index (κ3) is 1.89. The van der Waals surface area contributed by atoms with Gasteiger partial charge in [0.05, 0.1) is 5.60 Å². The van der Waals surface area contributed by atoms with Crippen molar-refractivity contribution < 1.29 is 5.11 Å². The van der Waals surface area contributed by atoms with Crippen LogP contribution in [-0.4, -0.2) is 41.8 Å². The molecule has 16 heavy (non-hydrogen) atoms. The van der Waals surface area contributed by atoms with Crippen LogP contribution in [0.1, 0.15) is 45.4 Å². The Kier molecular flexibility index (Phi) is 3.57. The fourth-order valence-corrected chi connectivity index (χ4v) is 3.48. The third-order valence-corrected chi connectivity index (χ3v) is 5.04. The SMILES string of the molecule is CCN1CCCC(O)(C2(CN)CCC2)CC1. The molecule has 0 aromatic rings. The van der Waals surface area contributed by atoms with E-state index < -0.39 is 5.60 Å². The number of nitrogens with zero attached hydrogens (tertiary/aromatic N) is 1. The molecule has 1 saturated heterocycles. The summed E-state index contributed by atoms with van der Waals surface area (Å²) in [7, 11) is 0. The van der Waals surface area contributed by atoms with E-state index >= 15 is 0 Å². The lowest BCUT2D eigenvalue weighted by molar-refractivity contribution is -0.130. The summed E-state index contributed by atoms with van der Waals surface area (Å²) in [5.74, 6) is 0. The van der Waals surface area contributed by atoms with E-state index in [1.807, 2.05) is 0 Å². The number of nitrogens with two attached hydrogens (primary N) is 1. The van der Waals surface area contributed by atoms with E-state index in [1.54, 1.807) is 0 Å². The minimum Gasteiger partial charge on any atom is -0.389 e. The van der Waals surface area contributed by atoms with Crippen LogP contribution in [0.25, 0.3) is 0 Å². The summed E-state index contributed by atoms with van der Waals surface area (Å²) in [6.45, 7) is 6.14. The van der Waals surface area contributed by atoms with Crippen LogP contribution in [-0.2, 0) is 0 Å². The average Bonchev–Trinajstić information content (AvgIpc) is 2.40. The molecule has 3 N–H and O–H groups in total. The van der Waals surface area contributed by atoms with Crippen molar-refractivity contribution in [1.29, 1.82) is 0 Å². The first kappa shape index (κ1) is 12.3. The fraction of sp³-hybridized carbons (Fsp3) is 1.00. The number of likely N-dealkylation sites (tertiary alicyclic amines) is 1. The molecule has 0 radical (unpaired) electrons. The molecule has 1 aliphatic carbocycles. The van der Waals surface area contributed by atoms with E-state index in [-0.39, 0.29) is 5.41 Å². The fourth-order valence-electron chi connectivity index (χ4n) is 3.48. The van der Waals surface area contributed by atoms with Gasteiger partial charge in [-0.05, 0) is 45.2 Å². The number of hydrogen-bond acceptors (Lipinski definition) is 3. The van der Waals surface area contributed by atoms with Gasteiger partial charge in [-0.2, -0.15) is 0 Å². The van der Waals surface area contributed by atoms with Crippen molar-refractivity contribution in [3.05, 3.63) is 0 Å². The highest BCUT2D eigenvalue weighted by Gasteiger charge is 2.52. The standard InChI is InChI=1S/C13H26N2O/c1-2-15-9-4-7-13(16,8-10-15)12(11-14)5-3-6-12/h16H,2-11,14H2,1H3. The Bertz CT molecular complexity index is 235. The first-order valence-corrected chi connectivity index (χ1v) is 6.81. The molecule has 0 aromatic carbocycles. The van der Waals surface area contributed by atoms with Crippen molar-refractivity contribution in [3.8, 4) is 0 Å². The van der Waals surface area contributed by atoms with Gasteiger partial charge in [-0.15, -0.1) is 0 Å². The van der Waals surface area contributed by atoms with Gasteiger partial charge in [-0.3, -0.25) is 0 Å². The highest BCUT2D eigenvalue weighted by Crippen LogP contribution is 2.52. The molecule has 94 valence electrons. The van der Waals surface area contributed by atoms with Gasteiger partial charge in [0.15, 0.2) is 0 Å². The summed E-state index contributed by atoms with van der Waals surface area (Å²) >= 11 is 0. The Hall–Kier alpha value is -0.120. The van der Waals surface area contributed by atoms with Gasteiger partial charge in [0.1, 0.15) is 0 Å². The topological polar surface area (TPSA) is 49.5 Å². The molecule has 0 bridgehead atoms. The van der Waals surface area contributed by atoms with Gasteiger partial charge < -0.3 is 15.7 Å². The van der Waals surface area contributed by atoms with Crippen LogP contribution in [0.4, 0.5) is 0 Å². The van der Waals surface area contributed by atoms with Crippen LogP contribution in [0, 0.1) is 5.41 Å². The lowest BCUT2D eigenvalue weighted by Gasteiger charge is -2.53. The van der Waals surface area contributed by atoms with Crippen molar-refractivity contribution in [2.45, 2.75) is 51.0 Å². The van der Waals surface area contributed by atoms with Crippen molar-refractivity contribution in [2.24, 2.45) is 11.1 Å². The first-order chi connectivity index (χ1) is 7.66. The molecule has 1 heterocycles. The quantitative estimate of drug-likeness (QED) is 0.764. The van der Waals surface area contributed by atoms with Crippen molar-refractivity contribution in [2.75, 3.05) is 26.2 Å². The Morgan fingerprint density at radius 1 is 1.12 bits per heavy atom. The van der Waals surface area contributed by atoms with Gasteiger partial charge in [0.2, 0.25) is 0 Å². The van der Waals surface area contributed by atoms with Gasteiger partial charge >= 0.3 is 0 Å². The van der Waals surface area contributed by atoms with Gasteiger partial charge in [-0.25, -0.2) is 0 Å². The van der Waals surface area contributed by atoms with E-state index in [2.05, 4.69) is 11.8 Å². The summed E-state index contributed by atoms with van der Waals surface area (Å²) < 4.78 is 0. The molecule has 3 nitrogen and oxygen atoms in total. The summed E-state index contributed by atoms with van der Waals surface area (Å²) in [6, 6.07) is 0. The molecular formula is C13H26N2O. The number of rotatable bonds is 3. The molecule has 0 aromatic heterocycles. The third-order valence-electron chi connectivity index (χ3n) is 5.04. The van der Waals surface area contributed by atoms with E-state index in [0.717, 1.165) is 51.7 Å². The Balaban J connectivity index is 2.06. The van der Waals surface area contributed by atoms with Crippen LogP contribution >= 0.6 is 0 Å². The predicted molar refractivity (Wildman–Crippen MR) is 66.3 cm³/mol. The average molecular weight is 226 g/mol.